The number of ether oxygens (including phenoxy) is 1. The highest BCUT2D eigenvalue weighted by Gasteiger charge is 2.25. The van der Waals surface area contributed by atoms with Crippen LogP contribution in [0.2, 0.25) is 0 Å². The molecule has 0 aromatic heterocycles. The van der Waals surface area contributed by atoms with Crippen molar-refractivity contribution >= 4 is 0 Å². The first-order valence-electron chi connectivity index (χ1n) is 8.41. The Labute approximate surface area is 128 Å². The van der Waals surface area contributed by atoms with Crippen LogP contribution in [0.15, 0.2) is 24.3 Å². The fourth-order valence-electron chi connectivity index (χ4n) is 3.10. The predicted molar refractivity (Wildman–Crippen MR) is 86.2 cm³/mol. The molecule has 1 saturated carbocycles. The summed E-state index contributed by atoms with van der Waals surface area (Å²) in [6.07, 6.45) is 4.22. The van der Waals surface area contributed by atoms with Crippen LogP contribution in [0, 0.1) is 0 Å². The number of morpholine rings is 1. The number of hydrogen-bond donors (Lipinski definition) is 1. The number of nitrogens with one attached hydrogen (secondary N) is 1. The summed E-state index contributed by atoms with van der Waals surface area (Å²) in [7, 11) is 0. The fraction of sp³-hybridized carbons (Fsp3) is 0.667. The van der Waals surface area contributed by atoms with E-state index in [0.717, 1.165) is 38.7 Å². The van der Waals surface area contributed by atoms with Gasteiger partial charge in [-0.2, -0.15) is 0 Å². The van der Waals surface area contributed by atoms with Crippen LogP contribution in [0.4, 0.5) is 0 Å². The van der Waals surface area contributed by atoms with Crippen LogP contribution >= 0.6 is 0 Å². The van der Waals surface area contributed by atoms with E-state index < -0.39 is 0 Å². The van der Waals surface area contributed by atoms with Crippen molar-refractivity contribution in [2.75, 3.05) is 13.2 Å². The van der Waals surface area contributed by atoms with E-state index in [2.05, 4.69) is 48.3 Å². The van der Waals surface area contributed by atoms with Gasteiger partial charge in [0.25, 0.3) is 0 Å². The van der Waals surface area contributed by atoms with Gasteiger partial charge in [0.15, 0.2) is 0 Å². The Morgan fingerprint density at radius 2 is 2.10 bits per heavy atom. The van der Waals surface area contributed by atoms with E-state index in [9.17, 15) is 0 Å². The van der Waals surface area contributed by atoms with Crippen LogP contribution in [-0.2, 0) is 17.8 Å². The van der Waals surface area contributed by atoms with E-state index in [4.69, 9.17) is 4.74 Å². The van der Waals surface area contributed by atoms with Gasteiger partial charge < -0.3 is 10.1 Å². The van der Waals surface area contributed by atoms with Gasteiger partial charge in [0.05, 0.1) is 12.7 Å². The van der Waals surface area contributed by atoms with E-state index in [1.807, 2.05) is 0 Å². The molecule has 3 rings (SSSR count). The number of rotatable bonds is 6. The van der Waals surface area contributed by atoms with E-state index in [1.54, 1.807) is 0 Å². The summed E-state index contributed by atoms with van der Waals surface area (Å²) in [5.41, 5.74) is 2.84. The first kappa shape index (κ1) is 15.0. The van der Waals surface area contributed by atoms with Crippen molar-refractivity contribution < 1.29 is 4.74 Å². The molecule has 2 fully saturated rings. The second-order valence-corrected chi connectivity index (χ2v) is 6.61. The first-order chi connectivity index (χ1) is 10.2. The Hall–Kier alpha value is -0.900. The summed E-state index contributed by atoms with van der Waals surface area (Å²) in [5.74, 6) is 0. The van der Waals surface area contributed by atoms with Gasteiger partial charge in [-0.15, -0.1) is 0 Å². The van der Waals surface area contributed by atoms with E-state index >= 15 is 0 Å². The van der Waals surface area contributed by atoms with Gasteiger partial charge in [0.1, 0.15) is 0 Å². The molecule has 0 bridgehead atoms. The third-order valence-electron chi connectivity index (χ3n) is 4.60. The molecule has 3 nitrogen and oxygen atoms in total. The van der Waals surface area contributed by atoms with Gasteiger partial charge in [0.2, 0.25) is 0 Å². The van der Waals surface area contributed by atoms with Crippen molar-refractivity contribution in [2.24, 2.45) is 0 Å². The largest absolute Gasteiger partial charge is 0.376 e. The molecule has 1 aliphatic heterocycles. The highest BCUT2D eigenvalue weighted by molar-refractivity contribution is 5.23. The molecule has 21 heavy (non-hydrogen) atoms. The van der Waals surface area contributed by atoms with Crippen molar-refractivity contribution in [3.05, 3.63) is 35.4 Å². The van der Waals surface area contributed by atoms with E-state index in [-0.39, 0.29) is 0 Å². The first-order valence-corrected chi connectivity index (χ1v) is 8.41. The van der Waals surface area contributed by atoms with Crippen LogP contribution in [-0.4, -0.2) is 36.2 Å². The molecule has 2 unspecified atom stereocenters. The van der Waals surface area contributed by atoms with Gasteiger partial charge >= 0.3 is 0 Å². The molecule has 1 heterocycles. The van der Waals surface area contributed by atoms with Gasteiger partial charge in [-0.05, 0) is 37.3 Å². The Bertz CT molecular complexity index is 458. The number of hydrogen-bond acceptors (Lipinski definition) is 3. The SMILES string of the molecule is CCC1COC(C)CN1Cc1cccc(CNC2CC2)c1. The molecule has 2 aliphatic rings. The van der Waals surface area contributed by atoms with Crippen molar-refractivity contribution in [2.45, 2.75) is 64.4 Å². The molecule has 1 saturated heterocycles. The van der Waals surface area contributed by atoms with Crippen LogP contribution in [0.25, 0.3) is 0 Å². The summed E-state index contributed by atoms with van der Waals surface area (Å²) in [6.45, 7) is 8.41. The summed E-state index contributed by atoms with van der Waals surface area (Å²) in [6, 6.07) is 10.4. The second kappa shape index (κ2) is 6.91. The lowest BCUT2D eigenvalue weighted by Crippen LogP contribution is -2.47. The van der Waals surface area contributed by atoms with Crippen LogP contribution in [0.1, 0.15) is 44.2 Å². The van der Waals surface area contributed by atoms with Gasteiger partial charge in [-0.25, -0.2) is 0 Å². The monoisotopic (exact) mass is 288 g/mol. The third kappa shape index (κ3) is 4.29. The van der Waals surface area contributed by atoms with Crippen molar-refractivity contribution in [1.82, 2.24) is 10.2 Å². The molecule has 1 aromatic rings. The molecule has 0 amide bonds. The van der Waals surface area contributed by atoms with Gasteiger partial charge in [-0.1, -0.05) is 31.2 Å². The van der Waals surface area contributed by atoms with Crippen molar-refractivity contribution in [3.63, 3.8) is 0 Å². The minimum atomic E-state index is 0.354. The zero-order chi connectivity index (χ0) is 14.7. The Morgan fingerprint density at radius 1 is 1.29 bits per heavy atom. The second-order valence-electron chi connectivity index (χ2n) is 6.61. The summed E-state index contributed by atoms with van der Waals surface area (Å²) < 4.78 is 5.79. The fourth-order valence-corrected chi connectivity index (χ4v) is 3.10. The molecule has 116 valence electrons. The highest BCUT2D eigenvalue weighted by Crippen LogP contribution is 2.20. The minimum Gasteiger partial charge on any atom is -0.376 e. The predicted octanol–water partition coefficient (Wildman–Crippen LogP) is 2.94. The molecular formula is C18H28N2O. The van der Waals surface area contributed by atoms with Gasteiger partial charge in [0, 0.05) is 31.7 Å². The smallest absolute Gasteiger partial charge is 0.0674 e. The minimum absolute atomic E-state index is 0.354. The van der Waals surface area contributed by atoms with Crippen LogP contribution in [0.5, 0.6) is 0 Å². The number of benzene rings is 1. The van der Waals surface area contributed by atoms with Crippen LogP contribution < -0.4 is 5.32 Å². The van der Waals surface area contributed by atoms with Gasteiger partial charge in [-0.3, -0.25) is 4.90 Å². The lowest BCUT2D eigenvalue weighted by Gasteiger charge is -2.38. The maximum Gasteiger partial charge on any atom is 0.0674 e. The van der Waals surface area contributed by atoms with Crippen molar-refractivity contribution in [3.8, 4) is 0 Å². The summed E-state index contributed by atoms with van der Waals surface area (Å²) in [5, 5.41) is 3.60. The average Bonchev–Trinajstić information content (AvgIpc) is 3.30. The summed E-state index contributed by atoms with van der Waals surface area (Å²) >= 11 is 0. The maximum atomic E-state index is 5.79. The number of nitrogens with zero attached hydrogens (tertiary/aromatic N) is 1. The molecule has 3 heteroatoms. The molecule has 2 atom stereocenters. The zero-order valence-corrected chi connectivity index (χ0v) is 13.3. The molecule has 0 spiro atoms. The molecular weight excluding hydrogens is 260 g/mol. The standard InChI is InChI=1S/C18H28N2O/c1-3-18-13-21-14(2)11-20(18)12-16-6-4-5-15(9-16)10-19-17-7-8-17/h4-6,9,14,17-19H,3,7-8,10-13H2,1-2H3. The molecule has 0 radical (unpaired) electrons. The van der Waals surface area contributed by atoms with Crippen LogP contribution in [0.3, 0.4) is 0 Å². The van der Waals surface area contributed by atoms with E-state index in [1.165, 1.54) is 24.0 Å². The molecule has 1 aliphatic carbocycles. The highest BCUT2D eigenvalue weighted by atomic mass is 16.5. The third-order valence-corrected chi connectivity index (χ3v) is 4.60. The normalized spacial score (nSPS) is 27.0. The zero-order valence-electron chi connectivity index (χ0n) is 13.3. The lowest BCUT2D eigenvalue weighted by atomic mass is 10.1. The Balaban J connectivity index is 1.60. The maximum absolute atomic E-state index is 5.79. The average molecular weight is 288 g/mol. The molecule has 1 aromatic carbocycles. The summed E-state index contributed by atoms with van der Waals surface area (Å²) in [4.78, 5) is 2.58. The topological polar surface area (TPSA) is 24.5 Å². The Kier molecular flexibility index (Phi) is 4.94. The van der Waals surface area contributed by atoms with E-state index in [0.29, 0.717) is 12.1 Å². The lowest BCUT2D eigenvalue weighted by molar-refractivity contribution is -0.0592. The Morgan fingerprint density at radius 3 is 2.86 bits per heavy atom. The quantitative estimate of drug-likeness (QED) is 0.871. The van der Waals surface area contributed by atoms with Crippen molar-refractivity contribution in [1.29, 1.82) is 0 Å². The molecule has 1 N–H and O–H groups in total.